The van der Waals surface area contributed by atoms with Gasteiger partial charge in [-0.05, 0) is 19.3 Å². The van der Waals surface area contributed by atoms with Gasteiger partial charge in [0.25, 0.3) is 0 Å². The van der Waals surface area contributed by atoms with Gasteiger partial charge < -0.3 is 5.32 Å². The number of halogens is 1. The van der Waals surface area contributed by atoms with Gasteiger partial charge in [-0.15, -0.1) is 28.3 Å². The quantitative estimate of drug-likeness (QED) is 0.858. The van der Waals surface area contributed by atoms with Crippen LogP contribution in [0.25, 0.3) is 0 Å². The molecule has 0 atom stereocenters. The number of hydrogen-bond acceptors (Lipinski definition) is 3. The second kappa shape index (κ2) is 6.30. The molecule has 1 saturated carbocycles. The van der Waals surface area contributed by atoms with E-state index in [-0.39, 0.29) is 17.0 Å². The molecule has 1 aromatic heterocycles. The molecule has 0 amide bonds. The van der Waals surface area contributed by atoms with Crippen molar-refractivity contribution in [1.82, 2.24) is 10.3 Å². The molecule has 0 saturated heterocycles. The van der Waals surface area contributed by atoms with E-state index >= 15 is 0 Å². The van der Waals surface area contributed by atoms with Gasteiger partial charge in [-0.3, -0.25) is 0 Å². The lowest BCUT2D eigenvalue weighted by atomic mass is 9.90. The molecule has 1 aliphatic carbocycles. The first-order valence-electron chi connectivity index (χ1n) is 6.62. The molecule has 2 aliphatic rings. The average Bonchev–Trinajstić information content (AvgIpc) is 2.62. The molecule has 1 aromatic rings. The Morgan fingerprint density at radius 2 is 1.82 bits per heavy atom. The van der Waals surface area contributed by atoms with Crippen LogP contribution in [-0.2, 0) is 12.8 Å². The third kappa shape index (κ3) is 3.09. The van der Waals surface area contributed by atoms with Gasteiger partial charge in [0.1, 0.15) is 0 Å². The Balaban J connectivity index is 0.00000108. The van der Waals surface area contributed by atoms with Crippen LogP contribution in [0, 0.1) is 0 Å². The highest BCUT2D eigenvalue weighted by molar-refractivity contribution is 8.93. The summed E-state index contributed by atoms with van der Waals surface area (Å²) in [6.07, 6.45) is 9.35. The summed E-state index contributed by atoms with van der Waals surface area (Å²) in [7, 11) is 0. The monoisotopic (exact) mass is 316 g/mol. The topological polar surface area (TPSA) is 24.9 Å². The molecular formula is C13H21BrN2S. The average molecular weight is 317 g/mol. The van der Waals surface area contributed by atoms with Crippen molar-refractivity contribution >= 4 is 28.3 Å². The Morgan fingerprint density at radius 3 is 2.65 bits per heavy atom. The minimum Gasteiger partial charge on any atom is -0.316 e. The minimum absolute atomic E-state index is 0. The van der Waals surface area contributed by atoms with Crippen molar-refractivity contribution in [2.45, 2.75) is 50.9 Å². The fourth-order valence-electron chi connectivity index (χ4n) is 2.85. The van der Waals surface area contributed by atoms with E-state index in [1.807, 2.05) is 11.3 Å². The highest BCUT2D eigenvalue weighted by Crippen LogP contribution is 2.36. The summed E-state index contributed by atoms with van der Waals surface area (Å²) in [5.74, 6) is 0.790. The van der Waals surface area contributed by atoms with Crippen molar-refractivity contribution in [2.75, 3.05) is 13.1 Å². The molecule has 4 heteroatoms. The van der Waals surface area contributed by atoms with Crippen LogP contribution in [0.15, 0.2) is 0 Å². The molecule has 17 heavy (non-hydrogen) atoms. The Kier molecular flexibility index (Phi) is 5.00. The first-order chi connectivity index (χ1) is 7.93. The number of hydrogen-bond donors (Lipinski definition) is 1. The Hall–Kier alpha value is 0.0700. The van der Waals surface area contributed by atoms with Crippen LogP contribution in [0.4, 0.5) is 0 Å². The fourth-order valence-corrected chi connectivity index (χ4v) is 4.13. The summed E-state index contributed by atoms with van der Waals surface area (Å²) in [6, 6.07) is 0. The Labute approximate surface area is 118 Å². The van der Waals surface area contributed by atoms with Crippen LogP contribution in [0.2, 0.25) is 0 Å². The van der Waals surface area contributed by atoms with Crippen molar-refractivity contribution in [2.24, 2.45) is 0 Å². The van der Waals surface area contributed by atoms with Gasteiger partial charge in [0.2, 0.25) is 0 Å². The van der Waals surface area contributed by atoms with Crippen molar-refractivity contribution in [1.29, 1.82) is 0 Å². The number of nitrogens with one attached hydrogen (secondary N) is 1. The van der Waals surface area contributed by atoms with E-state index in [1.54, 1.807) is 4.88 Å². The van der Waals surface area contributed by atoms with Crippen molar-refractivity contribution in [3.05, 3.63) is 15.6 Å². The SMILES string of the molecule is Br.C1CCC(c2nc3c(s2)CCNCC3)CC1. The normalized spacial score (nSPS) is 21.4. The highest BCUT2D eigenvalue weighted by atomic mass is 79.9. The van der Waals surface area contributed by atoms with E-state index in [9.17, 15) is 0 Å². The van der Waals surface area contributed by atoms with Gasteiger partial charge >= 0.3 is 0 Å². The van der Waals surface area contributed by atoms with Gasteiger partial charge in [0.05, 0.1) is 10.7 Å². The predicted molar refractivity (Wildman–Crippen MR) is 78.5 cm³/mol. The molecule has 2 heterocycles. The maximum Gasteiger partial charge on any atom is 0.0962 e. The fraction of sp³-hybridized carbons (Fsp3) is 0.769. The van der Waals surface area contributed by atoms with E-state index in [2.05, 4.69) is 5.32 Å². The van der Waals surface area contributed by atoms with Crippen molar-refractivity contribution < 1.29 is 0 Å². The lowest BCUT2D eigenvalue weighted by Gasteiger charge is -2.19. The second-order valence-electron chi connectivity index (χ2n) is 5.01. The first kappa shape index (κ1) is 13.5. The third-order valence-electron chi connectivity index (χ3n) is 3.82. The Bertz CT molecular complexity index is 335. The molecular weight excluding hydrogens is 296 g/mol. The smallest absolute Gasteiger partial charge is 0.0962 e. The van der Waals surface area contributed by atoms with Crippen molar-refractivity contribution in [3.63, 3.8) is 0 Å². The lowest BCUT2D eigenvalue weighted by Crippen LogP contribution is -2.16. The molecule has 0 unspecified atom stereocenters. The van der Waals surface area contributed by atoms with Crippen LogP contribution < -0.4 is 5.32 Å². The number of aromatic nitrogens is 1. The van der Waals surface area contributed by atoms with Crippen LogP contribution in [-0.4, -0.2) is 18.1 Å². The molecule has 96 valence electrons. The molecule has 1 fully saturated rings. The van der Waals surface area contributed by atoms with Gasteiger partial charge in [-0.25, -0.2) is 4.98 Å². The number of thiazole rings is 1. The van der Waals surface area contributed by atoms with Crippen LogP contribution in [0.3, 0.4) is 0 Å². The van der Waals surface area contributed by atoms with Gasteiger partial charge in [0, 0.05) is 30.3 Å². The third-order valence-corrected chi connectivity index (χ3v) is 5.14. The van der Waals surface area contributed by atoms with Gasteiger partial charge in [-0.2, -0.15) is 0 Å². The predicted octanol–water partition coefficient (Wildman–Crippen LogP) is 3.46. The first-order valence-corrected chi connectivity index (χ1v) is 7.44. The summed E-state index contributed by atoms with van der Waals surface area (Å²) < 4.78 is 0. The van der Waals surface area contributed by atoms with E-state index in [4.69, 9.17) is 4.98 Å². The molecule has 1 N–H and O–H groups in total. The lowest BCUT2D eigenvalue weighted by molar-refractivity contribution is 0.442. The minimum atomic E-state index is 0. The number of fused-ring (bicyclic) bond motifs is 1. The van der Waals surface area contributed by atoms with Gasteiger partial charge in [-0.1, -0.05) is 19.3 Å². The van der Waals surface area contributed by atoms with Crippen molar-refractivity contribution in [3.8, 4) is 0 Å². The zero-order chi connectivity index (χ0) is 10.8. The zero-order valence-corrected chi connectivity index (χ0v) is 12.7. The standard InChI is InChI=1S/C13H20N2S.BrH/c1-2-4-10(5-3-1)13-15-11-6-8-14-9-7-12(11)16-13;/h10,14H,1-9H2;1H. The molecule has 2 nitrogen and oxygen atoms in total. The summed E-state index contributed by atoms with van der Waals surface area (Å²) in [6.45, 7) is 2.25. The van der Waals surface area contributed by atoms with Gasteiger partial charge in [0.15, 0.2) is 0 Å². The summed E-state index contributed by atoms with van der Waals surface area (Å²) in [5.41, 5.74) is 1.40. The molecule has 0 bridgehead atoms. The largest absolute Gasteiger partial charge is 0.316 e. The Morgan fingerprint density at radius 1 is 1.06 bits per heavy atom. The highest BCUT2D eigenvalue weighted by Gasteiger charge is 2.21. The molecule has 0 radical (unpaired) electrons. The maximum absolute atomic E-state index is 4.91. The van der Waals surface area contributed by atoms with Crippen LogP contribution >= 0.6 is 28.3 Å². The molecule has 3 rings (SSSR count). The molecule has 0 aromatic carbocycles. The van der Waals surface area contributed by atoms with E-state index in [0.717, 1.165) is 25.4 Å². The van der Waals surface area contributed by atoms with E-state index in [1.165, 1.54) is 49.2 Å². The number of rotatable bonds is 1. The summed E-state index contributed by atoms with van der Waals surface area (Å²) >= 11 is 2.00. The number of nitrogens with zero attached hydrogens (tertiary/aromatic N) is 1. The van der Waals surface area contributed by atoms with Crippen LogP contribution in [0.1, 0.15) is 53.6 Å². The van der Waals surface area contributed by atoms with E-state index in [0.29, 0.717) is 0 Å². The molecule has 0 spiro atoms. The van der Waals surface area contributed by atoms with E-state index < -0.39 is 0 Å². The summed E-state index contributed by atoms with van der Waals surface area (Å²) in [5, 5.41) is 4.90. The maximum atomic E-state index is 4.91. The zero-order valence-electron chi connectivity index (χ0n) is 10.2. The summed E-state index contributed by atoms with van der Waals surface area (Å²) in [4.78, 5) is 6.47. The molecule has 1 aliphatic heterocycles. The van der Waals surface area contributed by atoms with Crippen LogP contribution in [0.5, 0.6) is 0 Å². The second-order valence-corrected chi connectivity index (χ2v) is 6.12.